The number of thiophene rings is 1. The van der Waals surface area contributed by atoms with Gasteiger partial charge in [0.1, 0.15) is 5.88 Å². The number of aromatic amines is 1. The smallest absolute Gasteiger partial charge is 0.239 e. The lowest BCUT2D eigenvalue weighted by atomic mass is 10.1. The number of aromatic nitrogens is 3. The number of rotatable bonds is 4. The molecule has 3 rings (SSSR count). The Hall–Kier alpha value is -2.16. The van der Waals surface area contributed by atoms with Crippen molar-refractivity contribution in [3.8, 4) is 21.8 Å². The predicted octanol–water partition coefficient (Wildman–Crippen LogP) is 3.23. The quantitative estimate of drug-likeness (QED) is 0.376. The Balaban J connectivity index is 2.14. The number of benzene rings is 1. The zero-order valence-electron chi connectivity index (χ0n) is 11.7. The van der Waals surface area contributed by atoms with Gasteiger partial charge in [-0.05, 0) is 23.8 Å². The molecule has 0 aliphatic rings. The molecule has 2 heterocycles. The molecule has 23 heavy (non-hydrogen) atoms. The zero-order valence-corrected chi connectivity index (χ0v) is 14.1. The molecule has 118 valence electrons. The molecule has 0 aliphatic heterocycles. The summed E-state index contributed by atoms with van der Waals surface area (Å²) in [6.45, 7) is 0. The Morgan fingerprint density at radius 3 is 2.78 bits per heavy atom. The summed E-state index contributed by atoms with van der Waals surface area (Å²) in [4.78, 5) is 12.3. The van der Waals surface area contributed by atoms with E-state index in [4.69, 9.17) is 29.7 Å². The van der Waals surface area contributed by atoms with Gasteiger partial charge in [-0.1, -0.05) is 30.3 Å². The summed E-state index contributed by atoms with van der Waals surface area (Å²) in [5, 5.41) is 10.3. The van der Waals surface area contributed by atoms with E-state index >= 15 is 0 Å². The van der Waals surface area contributed by atoms with Gasteiger partial charge >= 0.3 is 0 Å². The number of hydrogen-bond donors (Lipinski definition) is 3. The first kappa shape index (κ1) is 15.7. The molecule has 0 saturated carbocycles. The fourth-order valence-electron chi connectivity index (χ4n) is 2.09. The first-order valence-electron chi connectivity index (χ1n) is 6.58. The average Bonchev–Trinajstić information content (AvgIpc) is 3.12. The highest BCUT2D eigenvalue weighted by molar-refractivity contribution is 7.71. The van der Waals surface area contributed by atoms with Gasteiger partial charge in [0.05, 0.1) is 9.88 Å². The van der Waals surface area contributed by atoms with Crippen LogP contribution >= 0.6 is 35.2 Å². The highest BCUT2D eigenvalue weighted by atomic mass is 35.5. The van der Waals surface area contributed by atoms with Crippen LogP contribution in [0.25, 0.3) is 21.8 Å². The Labute approximate surface area is 145 Å². The third-order valence-electron chi connectivity index (χ3n) is 3.11. The van der Waals surface area contributed by atoms with Crippen molar-refractivity contribution in [2.24, 2.45) is 0 Å². The van der Waals surface area contributed by atoms with Gasteiger partial charge in [-0.2, -0.15) is 5.10 Å². The maximum atomic E-state index is 11.5. The number of anilines is 1. The third-order valence-corrected chi connectivity index (χ3v) is 4.69. The lowest BCUT2D eigenvalue weighted by molar-refractivity contribution is -0.113. The Kier molecular flexibility index (Phi) is 4.46. The summed E-state index contributed by atoms with van der Waals surface area (Å²) in [5.41, 5.74) is 1.89. The fourth-order valence-corrected chi connectivity index (χ4v) is 3.37. The van der Waals surface area contributed by atoms with E-state index in [2.05, 4.69) is 15.5 Å². The lowest BCUT2D eigenvalue weighted by Crippen LogP contribution is -2.11. The van der Waals surface area contributed by atoms with Crippen LogP contribution in [0.4, 0.5) is 5.00 Å². The topological polar surface area (TPSA) is 88.7 Å². The molecule has 0 unspecified atom stereocenters. The van der Waals surface area contributed by atoms with Crippen LogP contribution in [0.2, 0.25) is 0 Å². The monoisotopic (exact) mass is 365 g/mol. The molecule has 0 bridgehead atoms. The van der Waals surface area contributed by atoms with Crippen LogP contribution in [0.3, 0.4) is 0 Å². The summed E-state index contributed by atoms with van der Waals surface area (Å²) in [6, 6.07) is 11.6. The molecule has 1 aromatic carbocycles. The third kappa shape index (κ3) is 3.14. The van der Waals surface area contributed by atoms with Crippen LogP contribution in [0, 0.1) is 4.77 Å². The SMILES string of the molecule is Nn1c(-c2sc(NC(=O)CCl)cc2-c2ccccc2)n[nH]c1=S. The summed E-state index contributed by atoms with van der Waals surface area (Å²) >= 11 is 12.0. The van der Waals surface area contributed by atoms with Crippen molar-refractivity contribution in [3.63, 3.8) is 0 Å². The summed E-state index contributed by atoms with van der Waals surface area (Å²) in [6.07, 6.45) is 0. The van der Waals surface area contributed by atoms with Gasteiger partial charge in [-0.3, -0.25) is 4.79 Å². The fraction of sp³-hybridized carbons (Fsp3) is 0.0714. The number of nitrogens with two attached hydrogens (primary N) is 1. The summed E-state index contributed by atoms with van der Waals surface area (Å²) in [7, 11) is 0. The number of nitrogens with one attached hydrogen (secondary N) is 2. The van der Waals surface area contributed by atoms with Crippen LogP contribution in [0.1, 0.15) is 0 Å². The molecule has 1 amide bonds. The zero-order chi connectivity index (χ0) is 16.4. The van der Waals surface area contributed by atoms with Crippen LogP contribution in [0.5, 0.6) is 0 Å². The van der Waals surface area contributed by atoms with E-state index in [-0.39, 0.29) is 11.8 Å². The van der Waals surface area contributed by atoms with Gasteiger partial charge in [0.15, 0.2) is 5.82 Å². The van der Waals surface area contributed by atoms with Gasteiger partial charge in [0.25, 0.3) is 0 Å². The van der Waals surface area contributed by atoms with E-state index in [1.165, 1.54) is 16.0 Å². The second kappa shape index (κ2) is 6.53. The number of amides is 1. The minimum Gasteiger partial charge on any atom is -0.335 e. The lowest BCUT2D eigenvalue weighted by Gasteiger charge is -2.02. The number of hydrogen-bond acceptors (Lipinski definition) is 5. The van der Waals surface area contributed by atoms with Gasteiger partial charge < -0.3 is 11.2 Å². The number of nitrogen functional groups attached to an aromatic ring is 1. The molecule has 2 aromatic heterocycles. The van der Waals surface area contributed by atoms with Crippen LogP contribution in [-0.4, -0.2) is 26.7 Å². The molecule has 0 aliphatic carbocycles. The molecule has 3 aromatic rings. The Bertz CT molecular complexity index is 900. The van der Waals surface area contributed by atoms with Gasteiger partial charge in [0.2, 0.25) is 10.7 Å². The first-order chi connectivity index (χ1) is 11.1. The predicted molar refractivity (Wildman–Crippen MR) is 95.7 cm³/mol. The van der Waals surface area contributed by atoms with Gasteiger partial charge in [-0.15, -0.1) is 22.9 Å². The van der Waals surface area contributed by atoms with Crippen molar-refractivity contribution in [2.75, 3.05) is 17.0 Å². The molecule has 0 atom stereocenters. The van der Waals surface area contributed by atoms with Crippen LogP contribution in [-0.2, 0) is 4.79 Å². The van der Waals surface area contributed by atoms with Gasteiger partial charge in [-0.25, -0.2) is 9.77 Å². The minimum atomic E-state index is -0.273. The van der Waals surface area contributed by atoms with E-state index < -0.39 is 0 Å². The number of H-pyrrole nitrogens is 1. The van der Waals surface area contributed by atoms with E-state index in [0.29, 0.717) is 15.6 Å². The van der Waals surface area contributed by atoms with Crippen molar-refractivity contribution in [1.29, 1.82) is 0 Å². The van der Waals surface area contributed by atoms with E-state index in [9.17, 15) is 4.79 Å². The van der Waals surface area contributed by atoms with Crippen molar-refractivity contribution in [2.45, 2.75) is 0 Å². The Morgan fingerprint density at radius 1 is 1.43 bits per heavy atom. The maximum Gasteiger partial charge on any atom is 0.239 e. The number of alkyl halides is 1. The molecular formula is C14H12ClN5OS2. The average molecular weight is 366 g/mol. The summed E-state index contributed by atoms with van der Waals surface area (Å²) < 4.78 is 1.62. The normalized spacial score (nSPS) is 10.7. The number of carbonyl (C=O) groups is 1. The standard InChI is InChI=1S/C14H12ClN5OS2/c15-7-10(21)17-11-6-9(8-4-2-1-3-5-8)12(23-11)13-18-19-14(22)20(13)16/h1-6H,7,16H2,(H,17,21)(H,19,22). The number of halogens is 1. The van der Waals surface area contributed by atoms with E-state index in [1.807, 2.05) is 36.4 Å². The van der Waals surface area contributed by atoms with Crippen LogP contribution < -0.4 is 11.2 Å². The highest BCUT2D eigenvalue weighted by Crippen LogP contribution is 2.40. The number of nitrogens with zero attached hydrogens (tertiary/aromatic N) is 2. The van der Waals surface area contributed by atoms with Crippen molar-refractivity contribution >= 4 is 46.1 Å². The van der Waals surface area contributed by atoms with E-state index in [1.54, 1.807) is 0 Å². The summed E-state index contributed by atoms with van der Waals surface area (Å²) in [5.74, 6) is 6.06. The Morgan fingerprint density at radius 2 is 2.17 bits per heavy atom. The molecule has 0 saturated heterocycles. The molecule has 0 spiro atoms. The minimum absolute atomic E-state index is 0.108. The second-order valence-electron chi connectivity index (χ2n) is 4.62. The van der Waals surface area contributed by atoms with E-state index in [0.717, 1.165) is 16.0 Å². The highest BCUT2D eigenvalue weighted by Gasteiger charge is 2.18. The second-order valence-corrected chi connectivity index (χ2v) is 6.33. The molecular weight excluding hydrogens is 354 g/mol. The van der Waals surface area contributed by atoms with Crippen LogP contribution in [0.15, 0.2) is 36.4 Å². The maximum absolute atomic E-state index is 11.5. The van der Waals surface area contributed by atoms with Crippen molar-refractivity contribution < 1.29 is 4.79 Å². The molecule has 6 nitrogen and oxygen atoms in total. The molecule has 4 N–H and O–H groups in total. The molecule has 9 heteroatoms. The van der Waals surface area contributed by atoms with Crippen molar-refractivity contribution in [3.05, 3.63) is 41.2 Å². The van der Waals surface area contributed by atoms with Crippen molar-refractivity contribution in [1.82, 2.24) is 14.9 Å². The number of carbonyl (C=O) groups excluding carboxylic acids is 1. The molecule has 0 fully saturated rings. The largest absolute Gasteiger partial charge is 0.335 e. The first-order valence-corrected chi connectivity index (χ1v) is 8.34. The molecule has 0 radical (unpaired) electrons. The van der Waals surface area contributed by atoms with Gasteiger partial charge in [0, 0.05) is 5.56 Å².